The monoisotopic (exact) mass is 406 g/mol. The molecule has 8 nitrogen and oxygen atoms in total. The highest BCUT2D eigenvalue weighted by molar-refractivity contribution is 5.93. The summed E-state index contributed by atoms with van der Waals surface area (Å²) in [5.74, 6) is 3.85. The first kappa shape index (κ1) is 19.8. The van der Waals surface area contributed by atoms with Crippen LogP contribution in [0.15, 0.2) is 53.5 Å². The zero-order valence-corrected chi connectivity index (χ0v) is 17.3. The van der Waals surface area contributed by atoms with Crippen molar-refractivity contribution in [2.75, 3.05) is 18.5 Å². The molecule has 4 rings (SSSR count). The number of nitrogens with one attached hydrogen (secondary N) is 2. The fourth-order valence-electron chi connectivity index (χ4n) is 3.04. The molecular weight excluding hydrogens is 380 g/mol. The van der Waals surface area contributed by atoms with Crippen LogP contribution in [0.5, 0.6) is 11.5 Å². The molecule has 8 heteroatoms. The van der Waals surface area contributed by atoms with Crippen LogP contribution in [0.4, 0.5) is 5.69 Å². The Morgan fingerprint density at radius 3 is 2.63 bits per heavy atom. The standard InChI is InChI=1S/C22H26N6O2/c1-16-26-27-21(28(16)2)15-24-22(23-14-17-7-4-3-5-8-17)25-18-9-10-19-20(13-18)30-12-6-11-29-19/h3-5,7-10,13H,6,11-12,14-15H2,1-2H3,(H2,23,24,25). The van der Waals surface area contributed by atoms with Gasteiger partial charge in [-0.2, -0.15) is 0 Å². The molecule has 3 aromatic rings. The number of aliphatic imine (C=N–C) groups is 1. The molecule has 0 bridgehead atoms. The van der Waals surface area contributed by atoms with Crippen LogP contribution in [-0.4, -0.2) is 33.9 Å². The van der Waals surface area contributed by atoms with Crippen molar-refractivity contribution < 1.29 is 9.47 Å². The third-order valence-corrected chi connectivity index (χ3v) is 4.87. The molecular formula is C22H26N6O2. The van der Waals surface area contributed by atoms with E-state index in [1.54, 1.807) is 0 Å². The summed E-state index contributed by atoms with van der Waals surface area (Å²) >= 11 is 0. The Bertz CT molecular complexity index is 1020. The number of anilines is 1. The highest BCUT2D eigenvalue weighted by Gasteiger charge is 2.12. The number of benzene rings is 2. The molecule has 0 aliphatic carbocycles. The van der Waals surface area contributed by atoms with Gasteiger partial charge in [-0.15, -0.1) is 10.2 Å². The highest BCUT2D eigenvalue weighted by atomic mass is 16.5. The lowest BCUT2D eigenvalue weighted by molar-refractivity contribution is 0.297. The van der Waals surface area contributed by atoms with Crippen LogP contribution in [0.3, 0.4) is 0 Å². The lowest BCUT2D eigenvalue weighted by Gasteiger charge is -2.14. The van der Waals surface area contributed by atoms with Crippen LogP contribution >= 0.6 is 0 Å². The summed E-state index contributed by atoms with van der Waals surface area (Å²) in [6.45, 7) is 4.30. The second kappa shape index (κ2) is 9.30. The minimum atomic E-state index is 0.502. The highest BCUT2D eigenvalue weighted by Crippen LogP contribution is 2.32. The third kappa shape index (κ3) is 4.89. The van der Waals surface area contributed by atoms with Crippen molar-refractivity contribution >= 4 is 11.6 Å². The van der Waals surface area contributed by atoms with Crippen molar-refractivity contribution in [1.29, 1.82) is 0 Å². The lowest BCUT2D eigenvalue weighted by atomic mass is 10.2. The van der Waals surface area contributed by atoms with Crippen molar-refractivity contribution in [3.63, 3.8) is 0 Å². The van der Waals surface area contributed by atoms with Crippen molar-refractivity contribution in [1.82, 2.24) is 20.1 Å². The number of nitrogens with zero attached hydrogens (tertiary/aromatic N) is 4. The molecule has 2 N–H and O–H groups in total. The maximum Gasteiger partial charge on any atom is 0.196 e. The minimum Gasteiger partial charge on any atom is -0.490 e. The zero-order valence-electron chi connectivity index (χ0n) is 17.3. The molecule has 0 spiro atoms. The maximum absolute atomic E-state index is 5.80. The van der Waals surface area contributed by atoms with E-state index >= 15 is 0 Å². The Balaban J connectivity index is 1.51. The van der Waals surface area contributed by atoms with Gasteiger partial charge in [0.05, 0.1) is 26.3 Å². The summed E-state index contributed by atoms with van der Waals surface area (Å²) in [5.41, 5.74) is 2.00. The van der Waals surface area contributed by atoms with E-state index in [1.165, 1.54) is 0 Å². The second-order valence-electron chi connectivity index (χ2n) is 7.06. The van der Waals surface area contributed by atoms with E-state index in [0.29, 0.717) is 32.3 Å². The van der Waals surface area contributed by atoms with E-state index in [0.717, 1.165) is 40.8 Å². The number of aromatic nitrogens is 3. The van der Waals surface area contributed by atoms with Crippen molar-refractivity contribution in [3.8, 4) is 11.5 Å². The number of rotatable bonds is 5. The van der Waals surface area contributed by atoms with Crippen LogP contribution in [0.25, 0.3) is 0 Å². The Hall–Kier alpha value is -3.55. The Morgan fingerprint density at radius 1 is 1.07 bits per heavy atom. The fourth-order valence-corrected chi connectivity index (χ4v) is 3.04. The Labute approximate surface area is 176 Å². The average Bonchev–Trinajstić information content (AvgIpc) is 2.95. The number of aryl methyl sites for hydroxylation is 1. The number of ether oxygens (including phenoxy) is 2. The van der Waals surface area contributed by atoms with Gasteiger partial charge in [0, 0.05) is 25.2 Å². The number of hydrogen-bond donors (Lipinski definition) is 2. The minimum absolute atomic E-state index is 0.502. The van der Waals surface area contributed by atoms with E-state index in [9.17, 15) is 0 Å². The predicted molar refractivity (Wildman–Crippen MR) is 116 cm³/mol. The summed E-state index contributed by atoms with van der Waals surface area (Å²) in [6, 6.07) is 16.0. The first-order chi connectivity index (χ1) is 14.7. The molecule has 30 heavy (non-hydrogen) atoms. The van der Waals surface area contributed by atoms with Gasteiger partial charge in [-0.05, 0) is 24.6 Å². The predicted octanol–water partition coefficient (Wildman–Crippen LogP) is 3.04. The number of fused-ring (bicyclic) bond motifs is 1. The van der Waals surface area contributed by atoms with E-state index in [1.807, 2.05) is 54.9 Å². The van der Waals surface area contributed by atoms with Crippen molar-refractivity contribution in [2.45, 2.75) is 26.4 Å². The maximum atomic E-state index is 5.80. The van der Waals surface area contributed by atoms with Crippen LogP contribution in [0.1, 0.15) is 23.6 Å². The molecule has 1 aliphatic heterocycles. The van der Waals surface area contributed by atoms with Crippen LogP contribution in [-0.2, 0) is 20.1 Å². The summed E-state index contributed by atoms with van der Waals surface area (Å²) < 4.78 is 13.5. The topological polar surface area (TPSA) is 85.6 Å². The molecule has 2 heterocycles. The first-order valence-corrected chi connectivity index (χ1v) is 10.0. The normalized spacial score (nSPS) is 13.6. The average molecular weight is 406 g/mol. The van der Waals surface area contributed by atoms with Crippen LogP contribution in [0, 0.1) is 6.92 Å². The van der Waals surface area contributed by atoms with Crippen molar-refractivity contribution in [2.24, 2.45) is 12.0 Å². The van der Waals surface area contributed by atoms with Crippen LogP contribution < -0.4 is 20.1 Å². The summed E-state index contributed by atoms with van der Waals surface area (Å²) in [4.78, 5) is 4.74. The van der Waals surface area contributed by atoms with E-state index in [2.05, 4.69) is 33.0 Å². The number of guanidine groups is 1. The van der Waals surface area contributed by atoms with Gasteiger partial charge in [0.2, 0.25) is 0 Å². The molecule has 0 amide bonds. The second-order valence-corrected chi connectivity index (χ2v) is 7.06. The summed E-state index contributed by atoms with van der Waals surface area (Å²) in [7, 11) is 1.95. The van der Waals surface area contributed by atoms with E-state index < -0.39 is 0 Å². The molecule has 0 radical (unpaired) electrons. The molecule has 0 saturated carbocycles. The van der Waals surface area contributed by atoms with Gasteiger partial charge in [-0.1, -0.05) is 30.3 Å². The van der Waals surface area contributed by atoms with E-state index in [-0.39, 0.29) is 0 Å². The van der Waals surface area contributed by atoms with Gasteiger partial charge < -0.3 is 24.7 Å². The largest absolute Gasteiger partial charge is 0.490 e. The fraction of sp³-hybridized carbons (Fsp3) is 0.318. The molecule has 0 fully saturated rings. The Kier molecular flexibility index (Phi) is 6.12. The van der Waals surface area contributed by atoms with Gasteiger partial charge >= 0.3 is 0 Å². The van der Waals surface area contributed by atoms with Crippen molar-refractivity contribution in [3.05, 3.63) is 65.7 Å². The third-order valence-electron chi connectivity index (χ3n) is 4.87. The quantitative estimate of drug-likeness (QED) is 0.500. The van der Waals surface area contributed by atoms with Gasteiger partial charge in [-0.25, -0.2) is 4.99 Å². The Morgan fingerprint density at radius 2 is 1.87 bits per heavy atom. The first-order valence-electron chi connectivity index (χ1n) is 10.0. The van der Waals surface area contributed by atoms with Gasteiger partial charge in [0.15, 0.2) is 23.3 Å². The SMILES string of the molecule is Cc1nnc(CNC(=NCc2ccccc2)Nc2ccc3c(c2)OCCCO3)n1C. The van der Waals surface area contributed by atoms with Gasteiger partial charge in [0.1, 0.15) is 5.82 Å². The van der Waals surface area contributed by atoms with Crippen LogP contribution in [0.2, 0.25) is 0 Å². The van der Waals surface area contributed by atoms with Gasteiger partial charge in [-0.3, -0.25) is 0 Å². The summed E-state index contributed by atoms with van der Waals surface area (Å²) in [5, 5.41) is 15.0. The molecule has 156 valence electrons. The molecule has 1 aliphatic rings. The molecule has 0 atom stereocenters. The summed E-state index contributed by atoms with van der Waals surface area (Å²) in [6.07, 6.45) is 0.875. The molecule has 2 aromatic carbocycles. The van der Waals surface area contributed by atoms with Gasteiger partial charge in [0.25, 0.3) is 0 Å². The molecule has 0 saturated heterocycles. The molecule has 0 unspecified atom stereocenters. The molecule has 1 aromatic heterocycles. The lowest BCUT2D eigenvalue weighted by Crippen LogP contribution is -2.31. The zero-order chi connectivity index (χ0) is 20.8. The number of hydrogen-bond acceptors (Lipinski definition) is 5. The van der Waals surface area contributed by atoms with E-state index in [4.69, 9.17) is 14.5 Å². The smallest absolute Gasteiger partial charge is 0.196 e.